The summed E-state index contributed by atoms with van der Waals surface area (Å²) in [5.41, 5.74) is 8.03. The highest BCUT2D eigenvalue weighted by atomic mass is 32.1. The van der Waals surface area contributed by atoms with Gasteiger partial charge in [-0.25, -0.2) is 4.98 Å². The molecule has 4 heteroatoms. The Hall–Kier alpha value is -2.20. The van der Waals surface area contributed by atoms with Crippen LogP contribution in [0.25, 0.3) is 10.2 Å². The van der Waals surface area contributed by atoms with Crippen LogP contribution in [0.4, 0.5) is 5.13 Å². The Balaban J connectivity index is 1.64. The Labute approximate surface area is 133 Å². The second-order valence-electron chi connectivity index (χ2n) is 5.52. The van der Waals surface area contributed by atoms with Gasteiger partial charge in [-0.3, -0.25) is 5.43 Å². The van der Waals surface area contributed by atoms with Crippen LogP contribution in [0, 0.1) is 0 Å². The zero-order valence-electron chi connectivity index (χ0n) is 12.2. The molecule has 0 spiro atoms. The zero-order chi connectivity index (χ0) is 14.8. The Kier molecular flexibility index (Phi) is 3.60. The largest absolute Gasteiger partial charge is 0.252 e. The maximum atomic E-state index is 4.66. The van der Waals surface area contributed by atoms with Crippen molar-refractivity contribution in [1.82, 2.24) is 4.98 Å². The van der Waals surface area contributed by atoms with Gasteiger partial charge >= 0.3 is 0 Å². The molecule has 110 valence electrons. The number of rotatable bonds is 2. The predicted octanol–water partition coefficient (Wildman–Crippen LogP) is 4.84. The second-order valence-corrected chi connectivity index (χ2v) is 6.55. The summed E-state index contributed by atoms with van der Waals surface area (Å²) in [4.78, 5) is 4.58. The first-order valence-corrected chi connectivity index (χ1v) is 8.48. The van der Waals surface area contributed by atoms with Gasteiger partial charge in [0.25, 0.3) is 0 Å². The van der Waals surface area contributed by atoms with E-state index in [-0.39, 0.29) is 0 Å². The molecule has 0 unspecified atom stereocenters. The Morgan fingerprint density at radius 2 is 1.77 bits per heavy atom. The molecule has 0 aliphatic heterocycles. The van der Waals surface area contributed by atoms with Crippen molar-refractivity contribution < 1.29 is 0 Å². The van der Waals surface area contributed by atoms with Gasteiger partial charge in [-0.2, -0.15) is 5.10 Å². The van der Waals surface area contributed by atoms with Crippen LogP contribution >= 0.6 is 11.3 Å². The van der Waals surface area contributed by atoms with Gasteiger partial charge in [0, 0.05) is 5.56 Å². The second kappa shape index (κ2) is 5.89. The van der Waals surface area contributed by atoms with E-state index in [1.807, 2.05) is 18.2 Å². The summed E-state index contributed by atoms with van der Waals surface area (Å²) in [5.74, 6) is 0. The van der Waals surface area contributed by atoms with Gasteiger partial charge in [-0.1, -0.05) is 47.7 Å². The lowest BCUT2D eigenvalue weighted by molar-refractivity contribution is 0.776. The molecule has 1 N–H and O–H groups in total. The lowest BCUT2D eigenvalue weighted by Gasteiger charge is -2.07. The van der Waals surface area contributed by atoms with Crippen molar-refractivity contribution in [1.29, 1.82) is 0 Å². The molecule has 1 aliphatic carbocycles. The van der Waals surface area contributed by atoms with Crippen LogP contribution in [0.1, 0.15) is 30.4 Å². The molecule has 0 atom stereocenters. The van der Waals surface area contributed by atoms with Crippen molar-refractivity contribution in [2.75, 3.05) is 5.43 Å². The van der Waals surface area contributed by atoms with Crippen LogP contribution in [0.3, 0.4) is 0 Å². The number of nitrogens with zero attached hydrogens (tertiary/aromatic N) is 2. The van der Waals surface area contributed by atoms with Crippen molar-refractivity contribution in [3.05, 3.63) is 59.7 Å². The van der Waals surface area contributed by atoms with E-state index in [0.717, 1.165) is 29.2 Å². The molecule has 3 nitrogen and oxygen atoms in total. The molecule has 1 aliphatic rings. The first kappa shape index (κ1) is 13.5. The number of hydrogen-bond donors (Lipinski definition) is 1. The maximum absolute atomic E-state index is 4.66. The maximum Gasteiger partial charge on any atom is 0.204 e. The molecule has 22 heavy (non-hydrogen) atoms. The van der Waals surface area contributed by atoms with Crippen molar-refractivity contribution in [3.8, 4) is 0 Å². The minimum atomic E-state index is 0.857. The molecule has 3 aromatic rings. The Morgan fingerprint density at radius 1 is 0.955 bits per heavy atom. The molecule has 4 rings (SSSR count). The summed E-state index contributed by atoms with van der Waals surface area (Å²) in [6, 6.07) is 16.8. The summed E-state index contributed by atoms with van der Waals surface area (Å²) in [7, 11) is 0. The highest BCUT2D eigenvalue weighted by molar-refractivity contribution is 7.22. The number of para-hydroxylation sites is 1. The number of aryl methyl sites for hydroxylation is 1. The SMILES string of the molecule is c1ccc2c(c1)CCCC/C2=N\Nc1nc2ccccc2s1. The van der Waals surface area contributed by atoms with Gasteiger partial charge in [-0.05, 0) is 43.4 Å². The molecule has 1 aromatic heterocycles. The van der Waals surface area contributed by atoms with E-state index in [1.54, 1.807) is 11.3 Å². The topological polar surface area (TPSA) is 37.3 Å². The fourth-order valence-electron chi connectivity index (χ4n) is 2.91. The van der Waals surface area contributed by atoms with Crippen LogP contribution in [0.2, 0.25) is 0 Å². The van der Waals surface area contributed by atoms with E-state index in [0.29, 0.717) is 0 Å². The lowest BCUT2D eigenvalue weighted by Crippen LogP contribution is -2.05. The molecule has 2 aromatic carbocycles. The van der Waals surface area contributed by atoms with E-state index in [2.05, 4.69) is 45.8 Å². The average molecular weight is 307 g/mol. The molecule has 0 bridgehead atoms. The summed E-state index contributed by atoms with van der Waals surface area (Å²) in [5, 5.41) is 5.52. The molecular formula is C18H17N3S. The summed E-state index contributed by atoms with van der Waals surface area (Å²) >= 11 is 1.64. The van der Waals surface area contributed by atoms with Crippen LogP contribution in [0.15, 0.2) is 53.6 Å². The number of aromatic nitrogens is 1. The average Bonchev–Trinajstić information content (AvgIpc) is 2.86. The molecular weight excluding hydrogens is 290 g/mol. The van der Waals surface area contributed by atoms with E-state index < -0.39 is 0 Å². The first-order chi connectivity index (χ1) is 10.9. The summed E-state index contributed by atoms with van der Waals surface area (Å²) in [6.07, 6.45) is 4.59. The van der Waals surface area contributed by atoms with E-state index in [1.165, 1.54) is 28.7 Å². The fourth-order valence-corrected chi connectivity index (χ4v) is 3.72. The lowest BCUT2D eigenvalue weighted by atomic mass is 10.0. The van der Waals surface area contributed by atoms with E-state index >= 15 is 0 Å². The number of fused-ring (bicyclic) bond motifs is 2. The minimum Gasteiger partial charge on any atom is -0.252 e. The van der Waals surface area contributed by atoms with Crippen LogP contribution in [0.5, 0.6) is 0 Å². The number of benzene rings is 2. The number of anilines is 1. The van der Waals surface area contributed by atoms with Crippen molar-refractivity contribution >= 4 is 32.4 Å². The molecule has 0 saturated heterocycles. The Morgan fingerprint density at radius 3 is 2.73 bits per heavy atom. The molecule has 0 fully saturated rings. The summed E-state index contributed by atoms with van der Waals surface area (Å²) in [6.45, 7) is 0. The number of thiazole rings is 1. The molecule has 0 saturated carbocycles. The zero-order valence-corrected chi connectivity index (χ0v) is 13.1. The van der Waals surface area contributed by atoms with Crippen LogP contribution in [-0.4, -0.2) is 10.7 Å². The van der Waals surface area contributed by atoms with E-state index in [9.17, 15) is 0 Å². The third-order valence-corrected chi connectivity index (χ3v) is 4.96. The highest BCUT2D eigenvalue weighted by Crippen LogP contribution is 2.26. The van der Waals surface area contributed by atoms with Crippen LogP contribution in [-0.2, 0) is 6.42 Å². The number of hydrogen-bond acceptors (Lipinski definition) is 4. The van der Waals surface area contributed by atoms with Gasteiger partial charge in [0.15, 0.2) is 0 Å². The number of nitrogens with one attached hydrogen (secondary N) is 1. The van der Waals surface area contributed by atoms with Gasteiger partial charge < -0.3 is 0 Å². The minimum absolute atomic E-state index is 0.857. The molecule has 0 amide bonds. The van der Waals surface area contributed by atoms with E-state index in [4.69, 9.17) is 0 Å². The predicted molar refractivity (Wildman–Crippen MR) is 93.8 cm³/mol. The Bertz CT molecular complexity index is 802. The summed E-state index contributed by atoms with van der Waals surface area (Å²) < 4.78 is 1.19. The normalized spacial score (nSPS) is 16.5. The highest BCUT2D eigenvalue weighted by Gasteiger charge is 2.13. The standard InChI is InChI=1S/C18H17N3S/c1-3-9-14-13(7-1)8-2-4-10-15(14)20-21-18-19-16-11-5-6-12-17(16)22-18/h1,3,5-7,9,11-12H,2,4,8,10H2,(H,19,21)/b20-15+. The first-order valence-electron chi connectivity index (χ1n) is 7.66. The third-order valence-electron chi connectivity index (χ3n) is 4.02. The van der Waals surface area contributed by atoms with Gasteiger partial charge in [0.1, 0.15) is 0 Å². The fraction of sp³-hybridized carbons (Fsp3) is 0.222. The van der Waals surface area contributed by atoms with Crippen molar-refractivity contribution in [2.24, 2.45) is 5.10 Å². The smallest absolute Gasteiger partial charge is 0.204 e. The van der Waals surface area contributed by atoms with Crippen LogP contribution < -0.4 is 5.43 Å². The monoisotopic (exact) mass is 307 g/mol. The van der Waals surface area contributed by atoms with Gasteiger partial charge in [0.2, 0.25) is 5.13 Å². The van der Waals surface area contributed by atoms with Gasteiger partial charge in [0.05, 0.1) is 15.9 Å². The quantitative estimate of drug-likeness (QED) is 0.543. The van der Waals surface area contributed by atoms with Crippen molar-refractivity contribution in [3.63, 3.8) is 0 Å². The third kappa shape index (κ3) is 2.62. The van der Waals surface area contributed by atoms with Crippen molar-refractivity contribution in [2.45, 2.75) is 25.7 Å². The van der Waals surface area contributed by atoms with Gasteiger partial charge in [-0.15, -0.1) is 0 Å². The molecule has 0 radical (unpaired) electrons. The number of hydrazone groups is 1. The molecule has 1 heterocycles.